The van der Waals surface area contributed by atoms with Crippen LogP contribution in [0.3, 0.4) is 0 Å². The molecule has 19 heavy (non-hydrogen) atoms. The predicted octanol–water partition coefficient (Wildman–Crippen LogP) is 2.03. The van der Waals surface area contributed by atoms with Gasteiger partial charge in [0.05, 0.1) is 5.69 Å². The van der Waals surface area contributed by atoms with Crippen LogP contribution in [0.25, 0.3) is 0 Å². The van der Waals surface area contributed by atoms with Crippen molar-refractivity contribution < 1.29 is 14.6 Å². The van der Waals surface area contributed by atoms with Crippen LogP contribution >= 0.6 is 0 Å². The Morgan fingerprint density at radius 1 is 1.32 bits per heavy atom. The van der Waals surface area contributed by atoms with Gasteiger partial charge in [0.2, 0.25) is 0 Å². The van der Waals surface area contributed by atoms with Crippen LogP contribution in [-0.2, 0) is 9.47 Å². The maximum atomic E-state index is 9.68. The zero-order valence-corrected chi connectivity index (χ0v) is 10.5. The van der Waals surface area contributed by atoms with Gasteiger partial charge in [0.25, 0.3) is 0 Å². The molecule has 0 aliphatic heterocycles. The molecule has 0 unspecified atom stereocenters. The third-order valence-corrected chi connectivity index (χ3v) is 2.33. The van der Waals surface area contributed by atoms with Gasteiger partial charge in [-0.25, -0.2) is 0 Å². The maximum Gasteiger partial charge on any atom is 0.183 e. The van der Waals surface area contributed by atoms with E-state index in [9.17, 15) is 5.11 Å². The van der Waals surface area contributed by atoms with Crippen LogP contribution < -0.4 is 5.32 Å². The van der Waals surface area contributed by atoms with E-state index in [2.05, 4.69) is 5.32 Å². The van der Waals surface area contributed by atoms with E-state index >= 15 is 0 Å². The molecule has 6 heteroatoms. The first kappa shape index (κ1) is 14.5. The van der Waals surface area contributed by atoms with Crippen LogP contribution in [0.2, 0.25) is 0 Å². The molecule has 0 amide bonds. The fourth-order valence-electron chi connectivity index (χ4n) is 1.42. The third kappa shape index (κ3) is 3.71. The summed E-state index contributed by atoms with van der Waals surface area (Å²) in [6, 6.07) is 8.14. The topological polar surface area (TPSA) is 98.3 Å². The highest BCUT2D eigenvalue weighted by Gasteiger charge is 2.11. The van der Waals surface area contributed by atoms with Gasteiger partial charge in [-0.3, -0.25) is 0 Å². The van der Waals surface area contributed by atoms with E-state index in [1.807, 2.05) is 0 Å². The van der Waals surface area contributed by atoms with Gasteiger partial charge in [-0.2, -0.15) is 10.5 Å². The summed E-state index contributed by atoms with van der Waals surface area (Å²) >= 11 is 0. The second-order valence-corrected chi connectivity index (χ2v) is 3.51. The summed E-state index contributed by atoms with van der Waals surface area (Å²) in [6.07, 6.45) is 0.657. The summed E-state index contributed by atoms with van der Waals surface area (Å²) in [7, 11) is 3.00. The number of allylic oxidation sites excluding steroid dienone is 1. The first-order chi connectivity index (χ1) is 9.15. The molecule has 0 aromatic heterocycles. The molecule has 0 radical (unpaired) electrons. The number of hydrogen-bond acceptors (Lipinski definition) is 6. The first-order valence-corrected chi connectivity index (χ1v) is 5.31. The van der Waals surface area contributed by atoms with E-state index in [1.54, 1.807) is 24.3 Å². The number of ether oxygens (including phenoxy) is 2. The highest BCUT2D eigenvalue weighted by molar-refractivity contribution is 5.60. The molecule has 0 saturated carbocycles. The molecule has 0 spiro atoms. The van der Waals surface area contributed by atoms with Gasteiger partial charge in [-0.05, 0) is 12.1 Å². The van der Waals surface area contributed by atoms with Crippen LogP contribution in [0.1, 0.15) is 11.9 Å². The summed E-state index contributed by atoms with van der Waals surface area (Å²) in [5.74, 6) is -0.0128. The van der Waals surface area contributed by atoms with Crippen molar-refractivity contribution in [2.75, 3.05) is 19.5 Å². The molecule has 0 fully saturated rings. The molecule has 1 aromatic carbocycles. The van der Waals surface area contributed by atoms with Crippen molar-refractivity contribution in [3.63, 3.8) is 0 Å². The molecule has 1 aromatic rings. The molecule has 0 heterocycles. The Hall–Kier alpha value is -2.54. The summed E-state index contributed by atoms with van der Waals surface area (Å²) < 4.78 is 10.2. The van der Waals surface area contributed by atoms with E-state index < -0.39 is 6.29 Å². The number of nitrogens with zero attached hydrogens (tertiary/aromatic N) is 2. The lowest BCUT2D eigenvalue weighted by Gasteiger charge is -2.15. The number of anilines is 1. The van der Waals surface area contributed by atoms with Crippen molar-refractivity contribution in [2.45, 2.75) is 6.29 Å². The average molecular weight is 259 g/mol. The molecule has 2 N–H and O–H groups in total. The minimum Gasteiger partial charge on any atom is -0.506 e. The average Bonchev–Trinajstić information content (AvgIpc) is 2.44. The Morgan fingerprint density at radius 3 is 2.47 bits per heavy atom. The Morgan fingerprint density at radius 2 is 1.95 bits per heavy atom. The van der Waals surface area contributed by atoms with Crippen molar-refractivity contribution in [3.8, 4) is 17.9 Å². The van der Waals surface area contributed by atoms with Gasteiger partial charge >= 0.3 is 0 Å². The van der Waals surface area contributed by atoms with Crippen LogP contribution in [0.5, 0.6) is 5.75 Å². The second kappa shape index (κ2) is 7.02. The number of hydrogen-bond donors (Lipinski definition) is 2. The normalized spacial score (nSPS) is 9.53. The lowest BCUT2D eigenvalue weighted by atomic mass is 10.1. The van der Waals surface area contributed by atoms with E-state index in [1.165, 1.54) is 26.5 Å². The Kier molecular flexibility index (Phi) is 5.36. The molecular weight excluding hydrogens is 246 g/mol. The standard InChI is InChI=1S/C13H13N3O3/c1-18-13(19-2)10-3-4-12(17)11(5-10)16-8-9(6-14)7-15/h3-5,8,13,16-17H,1-2H3. The predicted molar refractivity (Wildman–Crippen MR) is 67.8 cm³/mol. The minimum atomic E-state index is -0.559. The first-order valence-electron chi connectivity index (χ1n) is 5.31. The van der Waals surface area contributed by atoms with Crippen LogP contribution in [0.15, 0.2) is 30.0 Å². The summed E-state index contributed by atoms with van der Waals surface area (Å²) in [5, 5.41) is 29.6. The molecule has 0 aliphatic carbocycles. The number of rotatable bonds is 5. The smallest absolute Gasteiger partial charge is 0.183 e. The number of benzene rings is 1. The summed E-state index contributed by atoms with van der Waals surface area (Å²) in [6.45, 7) is 0. The Labute approximate surface area is 111 Å². The highest BCUT2D eigenvalue weighted by atomic mass is 16.7. The molecule has 0 saturated heterocycles. The summed E-state index contributed by atoms with van der Waals surface area (Å²) in [4.78, 5) is 0. The van der Waals surface area contributed by atoms with Crippen molar-refractivity contribution in [1.82, 2.24) is 0 Å². The van der Waals surface area contributed by atoms with E-state index in [4.69, 9.17) is 20.0 Å². The molecule has 0 atom stereocenters. The number of phenolic OH excluding ortho intramolecular Hbond substituents is 1. The van der Waals surface area contributed by atoms with Crippen LogP contribution in [0.4, 0.5) is 5.69 Å². The zero-order valence-electron chi connectivity index (χ0n) is 10.5. The number of aromatic hydroxyl groups is 1. The monoisotopic (exact) mass is 259 g/mol. The third-order valence-electron chi connectivity index (χ3n) is 2.33. The fourth-order valence-corrected chi connectivity index (χ4v) is 1.42. The minimum absolute atomic E-state index is 0.0128. The van der Waals surface area contributed by atoms with Gasteiger partial charge in [0.15, 0.2) is 6.29 Å². The van der Waals surface area contributed by atoms with Gasteiger partial charge in [0.1, 0.15) is 23.5 Å². The quantitative estimate of drug-likeness (QED) is 0.477. The lowest BCUT2D eigenvalue weighted by molar-refractivity contribution is -0.105. The van der Waals surface area contributed by atoms with Gasteiger partial charge in [-0.15, -0.1) is 0 Å². The fraction of sp³-hybridized carbons (Fsp3) is 0.231. The molecule has 0 aliphatic rings. The number of nitriles is 2. The second-order valence-electron chi connectivity index (χ2n) is 3.51. The van der Waals surface area contributed by atoms with Gasteiger partial charge in [0, 0.05) is 26.0 Å². The number of methoxy groups -OCH3 is 2. The number of phenols is 1. The van der Waals surface area contributed by atoms with Crippen LogP contribution in [-0.4, -0.2) is 19.3 Å². The van der Waals surface area contributed by atoms with E-state index in [-0.39, 0.29) is 11.3 Å². The zero-order chi connectivity index (χ0) is 14.3. The molecule has 98 valence electrons. The van der Waals surface area contributed by atoms with Crippen molar-refractivity contribution in [3.05, 3.63) is 35.5 Å². The molecular formula is C13H13N3O3. The molecule has 0 bridgehead atoms. The van der Waals surface area contributed by atoms with Crippen molar-refractivity contribution in [2.24, 2.45) is 0 Å². The van der Waals surface area contributed by atoms with Gasteiger partial charge < -0.3 is 19.9 Å². The van der Waals surface area contributed by atoms with Crippen LogP contribution in [0, 0.1) is 22.7 Å². The van der Waals surface area contributed by atoms with Gasteiger partial charge in [-0.1, -0.05) is 6.07 Å². The Balaban J connectivity index is 3.02. The number of nitrogens with one attached hydrogen (secondary N) is 1. The molecule has 6 nitrogen and oxygen atoms in total. The SMILES string of the molecule is COC(OC)c1ccc(O)c(NC=C(C#N)C#N)c1. The highest BCUT2D eigenvalue weighted by Crippen LogP contribution is 2.28. The van der Waals surface area contributed by atoms with Crippen molar-refractivity contribution in [1.29, 1.82) is 10.5 Å². The van der Waals surface area contributed by atoms with Crippen molar-refractivity contribution >= 4 is 5.69 Å². The Bertz CT molecular complexity index is 535. The largest absolute Gasteiger partial charge is 0.506 e. The lowest BCUT2D eigenvalue weighted by Crippen LogP contribution is -2.04. The maximum absolute atomic E-state index is 9.68. The molecule has 1 rings (SSSR count). The summed E-state index contributed by atoms with van der Waals surface area (Å²) in [5.41, 5.74) is 0.939. The van der Waals surface area contributed by atoms with E-state index in [0.717, 1.165) is 0 Å². The van der Waals surface area contributed by atoms with E-state index in [0.29, 0.717) is 11.3 Å².